The molecule has 0 unspecified atom stereocenters. The molecular weight excluding hydrogens is 302 g/mol. The second-order valence-corrected chi connectivity index (χ2v) is 7.14. The minimum Gasteiger partial charge on any atom is -0.244 e. The fraction of sp³-hybridized carbons (Fsp3) is 0.471. The van der Waals surface area contributed by atoms with Crippen LogP contribution in [0, 0.1) is 11.8 Å². The van der Waals surface area contributed by atoms with Crippen molar-refractivity contribution < 1.29 is 0 Å². The first-order valence-corrected chi connectivity index (χ1v) is 8.56. The summed E-state index contributed by atoms with van der Waals surface area (Å²) >= 11 is 0. The lowest BCUT2D eigenvalue weighted by molar-refractivity contribution is 0.242. The quantitative estimate of drug-likeness (QED) is 0.872. The molecule has 6 atom stereocenters. The van der Waals surface area contributed by atoms with Gasteiger partial charge in [0.2, 0.25) is 0 Å². The molecule has 120 valence electrons. The molecule has 6 rings (SSSR count). The molecule has 2 saturated carbocycles. The van der Waals surface area contributed by atoms with Gasteiger partial charge in [0, 0.05) is 17.9 Å². The molecule has 0 N–H and O–H groups in total. The molecule has 0 amide bonds. The van der Waals surface area contributed by atoms with E-state index in [-0.39, 0.29) is 6.04 Å². The Hall–Kier alpha value is -2.57. The number of rotatable bonds is 3. The van der Waals surface area contributed by atoms with Gasteiger partial charge in [0.25, 0.3) is 0 Å². The molecule has 1 aromatic carbocycles. The van der Waals surface area contributed by atoms with E-state index in [1.54, 1.807) is 0 Å². The van der Waals surface area contributed by atoms with E-state index in [4.69, 9.17) is 0 Å². The summed E-state index contributed by atoms with van der Waals surface area (Å²) in [4.78, 5) is 0. The summed E-state index contributed by atoms with van der Waals surface area (Å²) in [5, 5.41) is 24.4. The summed E-state index contributed by atoms with van der Waals surface area (Å²) in [7, 11) is 0. The average molecular weight is 319 g/mol. The van der Waals surface area contributed by atoms with Crippen LogP contribution in [0.15, 0.2) is 63.2 Å². The van der Waals surface area contributed by atoms with Crippen molar-refractivity contribution in [2.75, 3.05) is 5.01 Å². The van der Waals surface area contributed by atoms with Crippen molar-refractivity contribution in [3.05, 3.63) is 48.2 Å². The summed E-state index contributed by atoms with van der Waals surface area (Å²) in [5.74, 6) is 2.08. The van der Waals surface area contributed by atoms with Gasteiger partial charge in [-0.15, -0.1) is 0 Å². The number of aromatic nitrogens is 2. The summed E-state index contributed by atoms with van der Waals surface area (Å²) in [6.45, 7) is 0.742. The van der Waals surface area contributed by atoms with E-state index in [1.165, 1.54) is 12.0 Å². The van der Waals surface area contributed by atoms with E-state index < -0.39 is 0 Å². The molecule has 7 nitrogen and oxygen atoms in total. The highest BCUT2D eigenvalue weighted by Crippen LogP contribution is 2.56. The maximum absolute atomic E-state index is 4.59. The molecule has 7 heteroatoms. The zero-order valence-electron chi connectivity index (χ0n) is 13.1. The Balaban J connectivity index is 1.33. The molecule has 4 aliphatic rings. The van der Waals surface area contributed by atoms with Crippen LogP contribution in [0.3, 0.4) is 0 Å². The summed E-state index contributed by atoms with van der Waals surface area (Å²) in [6.07, 6.45) is 3.03. The monoisotopic (exact) mass is 319 g/mol. The third kappa shape index (κ3) is 1.54. The second kappa shape index (κ2) is 4.49. The maximum Gasteiger partial charge on any atom is 0.149 e. The molecule has 1 aromatic heterocycles. The van der Waals surface area contributed by atoms with Crippen molar-refractivity contribution in [3.8, 4) is 0 Å². The molecule has 2 aliphatic heterocycles. The standard InChI is InChI=1S/C17H17N7/c1-2-4-10(5-3-1)9-23-13(6-7-18-23)24-17-12-8-11(16(17)21-22-24)14-15(12)20-19-14/h1-7,11-12,14-17H,8-9H2/t11-,12+,14+,15-,16-,17+/m0/s1. The van der Waals surface area contributed by atoms with Gasteiger partial charge in [-0.25, -0.2) is 9.69 Å². The van der Waals surface area contributed by atoms with E-state index in [2.05, 4.69) is 54.9 Å². The van der Waals surface area contributed by atoms with Gasteiger partial charge in [-0.3, -0.25) is 0 Å². The van der Waals surface area contributed by atoms with Gasteiger partial charge >= 0.3 is 0 Å². The molecule has 2 aliphatic carbocycles. The molecular formula is C17H17N7. The molecule has 0 radical (unpaired) electrons. The van der Waals surface area contributed by atoms with Crippen LogP contribution in [0.1, 0.15) is 12.0 Å². The Kier molecular flexibility index (Phi) is 2.40. The molecule has 0 spiro atoms. The SMILES string of the molecule is c1ccc(Cn2nccc2N2N=N[C@H]3[C@H]4C[C@H]([C@@H]5N=N[C@H]45)[C@H]32)cc1. The Labute approximate surface area is 139 Å². The normalized spacial score (nSPS) is 37.6. The highest BCUT2D eigenvalue weighted by molar-refractivity contribution is 5.43. The van der Waals surface area contributed by atoms with Crippen molar-refractivity contribution in [3.63, 3.8) is 0 Å². The number of fused-ring (bicyclic) bond motifs is 8. The van der Waals surface area contributed by atoms with Gasteiger partial charge in [-0.1, -0.05) is 35.6 Å². The Morgan fingerprint density at radius 1 is 0.917 bits per heavy atom. The first kappa shape index (κ1) is 12.8. The fourth-order valence-corrected chi connectivity index (χ4v) is 4.93. The lowest BCUT2D eigenvalue weighted by Crippen LogP contribution is -2.52. The number of hydrogen-bond acceptors (Lipinski definition) is 6. The lowest BCUT2D eigenvalue weighted by Gasteiger charge is -2.38. The number of hydrogen-bond donors (Lipinski definition) is 0. The Morgan fingerprint density at radius 3 is 2.58 bits per heavy atom. The molecule has 2 aromatic rings. The first-order valence-electron chi connectivity index (χ1n) is 8.56. The van der Waals surface area contributed by atoms with Gasteiger partial charge in [0.05, 0.1) is 18.8 Å². The lowest BCUT2D eigenvalue weighted by atomic mass is 9.82. The minimum absolute atomic E-state index is 0.274. The van der Waals surface area contributed by atoms with E-state index in [9.17, 15) is 0 Å². The van der Waals surface area contributed by atoms with Crippen LogP contribution in [-0.2, 0) is 6.54 Å². The van der Waals surface area contributed by atoms with Gasteiger partial charge in [-0.05, 0) is 12.0 Å². The Bertz CT molecular complexity index is 842. The van der Waals surface area contributed by atoms with Crippen molar-refractivity contribution >= 4 is 5.82 Å². The van der Waals surface area contributed by atoms with E-state index in [0.29, 0.717) is 30.0 Å². The summed E-state index contributed by atoms with van der Waals surface area (Å²) in [5.41, 5.74) is 1.23. The highest BCUT2D eigenvalue weighted by Gasteiger charge is 2.65. The van der Waals surface area contributed by atoms with Crippen molar-refractivity contribution in [1.29, 1.82) is 0 Å². The highest BCUT2D eigenvalue weighted by atomic mass is 15.6. The number of azo groups is 1. The number of benzene rings is 1. The zero-order chi connectivity index (χ0) is 15.7. The molecule has 2 fully saturated rings. The first-order chi connectivity index (χ1) is 11.9. The largest absolute Gasteiger partial charge is 0.244 e. The van der Waals surface area contributed by atoms with Crippen LogP contribution in [0.4, 0.5) is 5.82 Å². The van der Waals surface area contributed by atoms with Gasteiger partial charge in [-0.2, -0.15) is 20.4 Å². The van der Waals surface area contributed by atoms with Crippen molar-refractivity contribution in [2.24, 2.45) is 32.4 Å². The maximum atomic E-state index is 4.59. The molecule has 2 bridgehead atoms. The van der Waals surface area contributed by atoms with E-state index in [1.807, 2.05) is 23.0 Å². The molecule has 24 heavy (non-hydrogen) atoms. The van der Waals surface area contributed by atoms with Crippen LogP contribution in [0.2, 0.25) is 0 Å². The van der Waals surface area contributed by atoms with E-state index in [0.717, 1.165) is 12.4 Å². The van der Waals surface area contributed by atoms with E-state index >= 15 is 0 Å². The van der Waals surface area contributed by atoms with Gasteiger partial charge in [0.15, 0.2) is 0 Å². The summed E-state index contributed by atoms with van der Waals surface area (Å²) < 4.78 is 2.02. The molecule has 3 heterocycles. The van der Waals surface area contributed by atoms with Crippen LogP contribution in [-0.4, -0.2) is 33.9 Å². The van der Waals surface area contributed by atoms with Crippen molar-refractivity contribution in [1.82, 2.24) is 9.78 Å². The van der Waals surface area contributed by atoms with Crippen molar-refractivity contribution in [2.45, 2.75) is 37.1 Å². The van der Waals surface area contributed by atoms with Crippen LogP contribution in [0.5, 0.6) is 0 Å². The van der Waals surface area contributed by atoms with Gasteiger partial charge in [0.1, 0.15) is 23.9 Å². The number of nitrogens with zero attached hydrogens (tertiary/aromatic N) is 7. The minimum atomic E-state index is 0.274. The second-order valence-electron chi connectivity index (χ2n) is 7.14. The predicted molar refractivity (Wildman–Crippen MR) is 86.7 cm³/mol. The predicted octanol–water partition coefficient (Wildman–Crippen LogP) is 2.71. The fourth-order valence-electron chi connectivity index (χ4n) is 4.93. The van der Waals surface area contributed by atoms with Gasteiger partial charge < -0.3 is 0 Å². The smallest absolute Gasteiger partial charge is 0.149 e. The third-order valence-corrected chi connectivity index (χ3v) is 6.00. The number of anilines is 1. The Morgan fingerprint density at radius 2 is 1.75 bits per heavy atom. The topological polar surface area (TPSA) is 70.5 Å². The third-order valence-electron chi connectivity index (χ3n) is 6.00. The van der Waals surface area contributed by atoms with Crippen LogP contribution >= 0.6 is 0 Å². The molecule has 0 saturated heterocycles. The summed E-state index contributed by atoms with van der Waals surface area (Å²) in [6, 6.07) is 13.8. The zero-order valence-corrected chi connectivity index (χ0v) is 13.1. The average Bonchev–Trinajstić information content (AvgIpc) is 3.28. The van der Waals surface area contributed by atoms with Crippen LogP contribution < -0.4 is 5.01 Å². The van der Waals surface area contributed by atoms with Crippen LogP contribution in [0.25, 0.3) is 0 Å².